The molecule has 0 atom stereocenters. The van der Waals surface area contributed by atoms with Crippen LogP contribution in [0.5, 0.6) is 40.2 Å². The fourth-order valence-corrected chi connectivity index (χ4v) is 5.86. The molecule has 0 aliphatic heterocycles. The molecule has 0 bridgehead atoms. The molecule has 0 amide bonds. The van der Waals surface area contributed by atoms with E-state index in [0.717, 1.165) is 12.1 Å². The van der Waals surface area contributed by atoms with Gasteiger partial charge in [-0.1, -0.05) is 12.1 Å². The van der Waals surface area contributed by atoms with Crippen molar-refractivity contribution in [2.24, 2.45) is 0 Å². The van der Waals surface area contributed by atoms with Gasteiger partial charge in [0.05, 0.1) is 48.8 Å². The number of para-hydroxylation sites is 1. The van der Waals surface area contributed by atoms with Crippen molar-refractivity contribution in [2.75, 3.05) is 7.11 Å². The maximum Gasteiger partial charge on any atom is 0.387 e. The van der Waals surface area contributed by atoms with Crippen LogP contribution in [-0.4, -0.2) is 77.2 Å². The third kappa shape index (κ3) is 17.3. The second-order valence-electron chi connectivity index (χ2n) is 15.0. The average Bonchev–Trinajstić information content (AvgIpc) is 3.97. The summed E-state index contributed by atoms with van der Waals surface area (Å²) in [5, 5.41) is 17.7. The van der Waals surface area contributed by atoms with Crippen LogP contribution in [0.25, 0.3) is 22.9 Å². The monoisotopic (exact) mass is 976 g/mol. The number of oxazole rings is 2. The maximum absolute atomic E-state index is 12.6. The van der Waals surface area contributed by atoms with E-state index < -0.39 is 25.8 Å². The van der Waals surface area contributed by atoms with Crippen molar-refractivity contribution in [3.05, 3.63) is 114 Å². The molecular weight excluding hydrogens is 927 g/mol. The van der Waals surface area contributed by atoms with E-state index in [9.17, 15) is 35.9 Å². The molecule has 4 aromatic carbocycles. The van der Waals surface area contributed by atoms with Crippen molar-refractivity contribution in [1.29, 1.82) is 0 Å². The number of methoxy groups -OCH3 is 1. The van der Waals surface area contributed by atoms with E-state index in [1.54, 1.807) is 71.9 Å². The lowest BCUT2D eigenvalue weighted by molar-refractivity contribution is -0.0524. The number of carbonyl (C=O) groups is 2. The van der Waals surface area contributed by atoms with Crippen molar-refractivity contribution in [3.63, 3.8) is 0 Å². The van der Waals surface area contributed by atoms with Crippen molar-refractivity contribution in [1.82, 2.24) is 9.97 Å². The fraction of sp³-hybridized carbons (Fsp3) is 0.333. The maximum atomic E-state index is 12.6. The van der Waals surface area contributed by atoms with Crippen molar-refractivity contribution in [3.8, 4) is 63.2 Å². The Bertz CT molecular complexity index is 2560. The van der Waals surface area contributed by atoms with Crippen LogP contribution in [0.2, 0.25) is 0 Å². The Morgan fingerprint density at radius 3 is 1.42 bits per heavy atom. The van der Waals surface area contributed by atoms with E-state index in [4.69, 9.17) is 38.0 Å². The number of hydrogen-bond donors (Lipinski definition) is 2. The van der Waals surface area contributed by atoms with Crippen molar-refractivity contribution in [2.45, 2.75) is 99.1 Å². The summed E-state index contributed by atoms with van der Waals surface area (Å²) in [6.45, 7) is 1.36. The number of Topliss-reactive ketones (excluding diaryl/α,β-unsaturated/α-hetero) is 1. The fourth-order valence-electron chi connectivity index (χ4n) is 5.86. The van der Waals surface area contributed by atoms with Gasteiger partial charge in [0.1, 0.15) is 24.0 Å². The second kappa shape index (κ2) is 26.2. The summed E-state index contributed by atoms with van der Waals surface area (Å²) >= 11 is 0. The molecule has 0 fully saturated rings. The number of nitrogens with zero attached hydrogens (tertiary/aromatic N) is 2. The van der Waals surface area contributed by atoms with Crippen LogP contribution in [0.15, 0.2) is 100 Å². The first kappa shape index (κ1) is 54.2. The van der Waals surface area contributed by atoms with Crippen LogP contribution in [0.3, 0.4) is 0 Å². The number of aliphatic hydroxyl groups is 1. The number of carboxylic acid groups (broad SMARTS) is 1. The summed E-state index contributed by atoms with van der Waals surface area (Å²) in [5.74, 6) is -0.141. The summed E-state index contributed by atoms with van der Waals surface area (Å²) in [5.41, 5.74) is 2.51. The molecule has 0 spiro atoms. The largest absolute Gasteiger partial charge is 0.496 e. The Labute approximate surface area is 392 Å². The van der Waals surface area contributed by atoms with Crippen molar-refractivity contribution >= 4 is 11.8 Å². The van der Waals surface area contributed by atoms with Gasteiger partial charge in [-0.2, -0.15) is 26.3 Å². The molecule has 6 rings (SSSR count). The zero-order valence-electron chi connectivity index (χ0n) is 38.3. The van der Waals surface area contributed by atoms with Crippen LogP contribution in [0.4, 0.5) is 26.3 Å². The van der Waals surface area contributed by atoms with Gasteiger partial charge in [-0.05, 0) is 108 Å². The van der Waals surface area contributed by atoms with Gasteiger partial charge >= 0.3 is 25.8 Å². The number of rotatable bonds is 21. The molecule has 0 aliphatic rings. The van der Waals surface area contributed by atoms with Crippen LogP contribution in [0, 0.1) is 0 Å². The molecule has 6 aromatic rings. The van der Waals surface area contributed by atoms with E-state index in [2.05, 4.69) is 24.2 Å². The summed E-state index contributed by atoms with van der Waals surface area (Å²) in [6.07, 6.45) is 2.67. The van der Waals surface area contributed by atoms with Crippen LogP contribution >= 0.6 is 0 Å². The normalized spacial score (nSPS) is 11.0. The van der Waals surface area contributed by atoms with Gasteiger partial charge in [-0.15, -0.1) is 0 Å². The molecule has 0 aliphatic carbocycles. The van der Waals surface area contributed by atoms with E-state index in [0.29, 0.717) is 40.2 Å². The Hall–Kier alpha value is -7.42. The molecule has 0 radical (unpaired) electrons. The van der Waals surface area contributed by atoms with Gasteiger partial charge in [0.25, 0.3) is 0 Å². The molecule has 2 N–H and O–H groups in total. The zero-order chi connectivity index (χ0) is 50.8. The number of aliphatic hydroxyl groups excluding tert-OH is 1. The first-order valence-electron chi connectivity index (χ1n) is 20.9. The number of carboxylic acids is 1. The van der Waals surface area contributed by atoms with Gasteiger partial charge in [0, 0.05) is 24.0 Å². The molecule has 2 aromatic heterocycles. The van der Waals surface area contributed by atoms with Gasteiger partial charge in [-0.25, -0.2) is 14.8 Å². The zero-order valence-corrected chi connectivity index (χ0v) is 38.3. The Morgan fingerprint density at radius 1 is 0.565 bits per heavy atom. The van der Waals surface area contributed by atoms with Gasteiger partial charge < -0.3 is 52.2 Å². The molecule has 372 valence electrons. The highest BCUT2D eigenvalue weighted by molar-refractivity contribution is 5.98. The van der Waals surface area contributed by atoms with Gasteiger partial charge in [-0.3, -0.25) is 4.79 Å². The third-order valence-electron chi connectivity index (χ3n) is 8.59. The molecule has 69 heavy (non-hydrogen) atoms. The highest BCUT2D eigenvalue weighted by atomic mass is 19.3. The van der Waals surface area contributed by atoms with E-state index >= 15 is 0 Å². The first-order chi connectivity index (χ1) is 32.8. The average molecular weight is 977 g/mol. The Balaban J connectivity index is 0.000000238. The lowest BCUT2D eigenvalue weighted by atomic mass is 10.0. The number of benzene rings is 4. The predicted molar refractivity (Wildman–Crippen MR) is 236 cm³/mol. The lowest BCUT2D eigenvalue weighted by Crippen LogP contribution is -2.10. The number of ether oxygens (including phenoxy) is 7. The quantitative estimate of drug-likeness (QED) is 0.0511. The van der Waals surface area contributed by atoms with Crippen molar-refractivity contribution < 1.29 is 88.1 Å². The topological polar surface area (TPSA) is 191 Å². The number of ketones is 1. The standard InChI is InChI=1S/C23H23F2NO5.C14H15F2NO4.C11H12F2O4/c1-14(2)30-21-12-15(8-11-20(21)31-23(24)25)22-26-16(13-29-22)9-10-18(27)17-6-4-5-7-19(17)28-3;1-8(2)20-12-5-9(3-4-11(12)21-14(15)16)13-17-10(6-18)7-19-13;1-6(2)16-9-5-7(10(14)15)3-4-8(9)17-11(12)13/h4-8,11-14,23H,9-10H2,1-3H3;3-5,7-8,14,18H,6H2,1-2H3;3-6,11H,1-2H3,(H,14,15). The number of aromatic nitrogens is 2. The molecule has 2 heterocycles. The smallest absolute Gasteiger partial charge is 0.387 e. The number of alkyl halides is 6. The minimum atomic E-state index is -2.99. The minimum Gasteiger partial charge on any atom is -0.496 e. The highest BCUT2D eigenvalue weighted by Gasteiger charge is 2.19. The minimum absolute atomic E-state index is 0.0137. The van der Waals surface area contributed by atoms with Gasteiger partial charge in [0.15, 0.2) is 40.3 Å². The number of hydrogen-bond acceptors (Lipinski definition) is 14. The Kier molecular flexibility index (Phi) is 20.6. The number of halogens is 6. The van der Waals surface area contributed by atoms with Crippen LogP contribution < -0.4 is 33.2 Å². The number of carbonyl (C=O) groups excluding carboxylic acids is 1. The van der Waals surface area contributed by atoms with E-state index in [-0.39, 0.29) is 89.0 Å². The summed E-state index contributed by atoms with van der Waals surface area (Å²) < 4.78 is 120. The molecular formula is C48H50F6N2O13. The van der Waals surface area contributed by atoms with E-state index in [1.165, 1.54) is 56.0 Å². The highest BCUT2D eigenvalue weighted by Crippen LogP contribution is 2.36. The van der Waals surface area contributed by atoms with Crippen LogP contribution in [-0.2, 0) is 13.0 Å². The third-order valence-corrected chi connectivity index (χ3v) is 8.59. The molecule has 15 nitrogen and oxygen atoms in total. The second-order valence-corrected chi connectivity index (χ2v) is 15.0. The van der Waals surface area contributed by atoms with Crippen LogP contribution in [0.1, 0.15) is 80.1 Å². The molecule has 0 unspecified atom stereocenters. The first-order valence-corrected chi connectivity index (χ1v) is 20.9. The summed E-state index contributed by atoms with van der Waals surface area (Å²) in [6, 6.07) is 19.4. The van der Waals surface area contributed by atoms with E-state index in [1.807, 2.05) is 0 Å². The summed E-state index contributed by atoms with van der Waals surface area (Å²) in [4.78, 5) is 31.7. The molecule has 21 heteroatoms. The molecule has 0 saturated carbocycles. The molecule has 0 saturated heterocycles. The predicted octanol–water partition coefficient (Wildman–Crippen LogP) is 11.6. The van der Waals surface area contributed by atoms with Gasteiger partial charge in [0.2, 0.25) is 11.8 Å². The summed E-state index contributed by atoms with van der Waals surface area (Å²) in [7, 11) is 1.52. The number of aryl methyl sites for hydroxylation is 1. The SMILES string of the molecule is CC(C)Oc1cc(-c2nc(CO)co2)ccc1OC(F)F.CC(C)Oc1cc(C(=O)O)ccc1OC(F)F.COc1ccccc1C(=O)CCc1coc(-c2ccc(OC(F)F)c(OC(C)C)c2)n1. The number of aromatic carboxylic acids is 1. The Morgan fingerprint density at radius 2 is 1.00 bits per heavy atom. The lowest BCUT2D eigenvalue weighted by Gasteiger charge is -2.15.